The first-order valence-corrected chi connectivity index (χ1v) is 8.38. The summed E-state index contributed by atoms with van der Waals surface area (Å²) in [6.07, 6.45) is -0.298. The zero-order chi connectivity index (χ0) is 17.7. The van der Waals surface area contributed by atoms with Gasteiger partial charge in [-0.25, -0.2) is 4.79 Å². The number of carbonyl (C=O) groups is 2. The van der Waals surface area contributed by atoms with Gasteiger partial charge < -0.3 is 14.5 Å². The maximum absolute atomic E-state index is 13.0. The third kappa shape index (κ3) is 4.06. The van der Waals surface area contributed by atoms with Crippen LogP contribution in [0.1, 0.15) is 24.1 Å². The van der Waals surface area contributed by atoms with Crippen LogP contribution in [0, 0.1) is 6.92 Å². The number of amides is 2. The molecule has 1 unspecified atom stereocenters. The molecule has 1 fully saturated rings. The molecule has 1 saturated heterocycles. The standard InChI is InChI=1S/C18H27N3O3/c1-5-24-18(23)21-12-10-20(11-13-21)17(22)16(19(3)4)15-9-7-6-8-14(15)2/h6-9,16H,5,10-13H2,1-4H3. The van der Waals surface area contributed by atoms with Crippen molar-refractivity contribution in [2.45, 2.75) is 19.9 Å². The molecule has 0 aromatic heterocycles. The summed E-state index contributed by atoms with van der Waals surface area (Å²) in [5, 5.41) is 0. The molecule has 0 spiro atoms. The van der Waals surface area contributed by atoms with Crippen molar-refractivity contribution in [3.63, 3.8) is 0 Å². The lowest BCUT2D eigenvalue weighted by atomic mass is 9.99. The Hall–Kier alpha value is -2.08. The van der Waals surface area contributed by atoms with E-state index in [2.05, 4.69) is 0 Å². The molecule has 1 aromatic carbocycles. The van der Waals surface area contributed by atoms with Gasteiger partial charge in [0.1, 0.15) is 6.04 Å². The van der Waals surface area contributed by atoms with Crippen LogP contribution < -0.4 is 0 Å². The number of likely N-dealkylation sites (N-methyl/N-ethyl adjacent to an activating group) is 1. The van der Waals surface area contributed by atoms with E-state index in [1.807, 2.05) is 55.1 Å². The van der Waals surface area contributed by atoms with Crippen LogP contribution in [-0.4, -0.2) is 73.6 Å². The summed E-state index contributed by atoms with van der Waals surface area (Å²) in [5.41, 5.74) is 2.13. The zero-order valence-corrected chi connectivity index (χ0v) is 15.0. The van der Waals surface area contributed by atoms with E-state index in [0.29, 0.717) is 32.8 Å². The second kappa shape index (κ2) is 8.15. The average Bonchev–Trinajstić information content (AvgIpc) is 2.57. The lowest BCUT2D eigenvalue weighted by Crippen LogP contribution is -2.53. The number of ether oxygens (including phenoxy) is 1. The van der Waals surface area contributed by atoms with Crippen LogP contribution in [0.3, 0.4) is 0 Å². The van der Waals surface area contributed by atoms with Crippen LogP contribution in [0.25, 0.3) is 0 Å². The highest BCUT2D eigenvalue weighted by molar-refractivity contribution is 5.84. The summed E-state index contributed by atoms with van der Waals surface area (Å²) in [6.45, 7) is 6.28. The van der Waals surface area contributed by atoms with Crippen LogP contribution >= 0.6 is 0 Å². The Morgan fingerprint density at radius 2 is 1.71 bits per heavy atom. The van der Waals surface area contributed by atoms with Crippen LogP contribution in [-0.2, 0) is 9.53 Å². The summed E-state index contributed by atoms with van der Waals surface area (Å²) in [6, 6.07) is 7.67. The largest absolute Gasteiger partial charge is 0.450 e. The van der Waals surface area contributed by atoms with E-state index in [-0.39, 0.29) is 18.0 Å². The minimum atomic E-state index is -0.305. The molecule has 24 heavy (non-hydrogen) atoms. The molecule has 0 bridgehead atoms. The van der Waals surface area contributed by atoms with Crippen molar-refractivity contribution >= 4 is 12.0 Å². The number of hydrogen-bond donors (Lipinski definition) is 0. The van der Waals surface area contributed by atoms with E-state index < -0.39 is 0 Å². The number of piperazine rings is 1. The second-order valence-corrected chi connectivity index (χ2v) is 6.23. The van der Waals surface area contributed by atoms with Gasteiger partial charge in [0.05, 0.1) is 6.61 Å². The molecule has 1 aliphatic rings. The number of nitrogens with zero attached hydrogens (tertiary/aromatic N) is 3. The molecule has 0 aliphatic carbocycles. The quantitative estimate of drug-likeness (QED) is 0.844. The summed E-state index contributed by atoms with van der Waals surface area (Å²) in [4.78, 5) is 30.3. The Balaban J connectivity index is 2.07. The number of hydrogen-bond acceptors (Lipinski definition) is 4. The minimum absolute atomic E-state index is 0.0813. The zero-order valence-electron chi connectivity index (χ0n) is 15.0. The summed E-state index contributed by atoms with van der Waals surface area (Å²) < 4.78 is 5.02. The van der Waals surface area contributed by atoms with Crippen LogP contribution in [0.2, 0.25) is 0 Å². The van der Waals surface area contributed by atoms with Crippen molar-refractivity contribution < 1.29 is 14.3 Å². The molecule has 6 nitrogen and oxygen atoms in total. The van der Waals surface area contributed by atoms with Crippen molar-refractivity contribution in [2.24, 2.45) is 0 Å². The molecule has 2 amide bonds. The summed E-state index contributed by atoms with van der Waals surface area (Å²) >= 11 is 0. The molecule has 6 heteroatoms. The van der Waals surface area contributed by atoms with Gasteiger partial charge in [-0.15, -0.1) is 0 Å². The van der Waals surface area contributed by atoms with Crippen LogP contribution in [0.15, 0.2) is 24.3 Å². The van der Waals surface area contributed by atoms with Crippen molar-refractivity contribution in [3.8, 4) is 0 Å². The van der Waals surface area contributed by atoms with Crippen LogP contribution in [0.5, 0.6) is 0 Å². The predicted octanol–water partition coefficient (Wildman–Crippen LogP) is 1.90. The Bertz CT molecular complexity index is 581. The predicted molar refractivity (Wildman–Crippen MR) is 92.8 cm³/mol. The molecular weight excluding hydrogens is 306 g/mol. The Labute approximate surface area is 144 Å². The van der Waals surface area contributed by atoms with Gasteiger partial charge >= 0.3 is 6.09 Å². The Morgan fingerprint density at radius 1 is 1.12 bits per heavy atom. The van der Waals surface area contributed by atoms with E-state index in [9.17, 15) is 9.59 Å². The van der Waals surface area contributed by atoms with Gasteiger partial charge in [0, 0.05) is 26.2 Å². The monoisotopic (exact) mass is 333 g/mol. The lowest BCUT2D eigenvalue weighted by molar-refractivity contribution is -0.138. The van der Waals surface area contributed by atoms with Gasteiger partial charge in [0.15, 0.2) is 0 Å². The smallest absolute Gasteiger partial charge is 0.409 e. The topological polar surface area (TPSA) is 53.1 Å². The molecule has 1 aromatic rings. The van der Waals surface area contributed by atoms with E-state index in [1.165, 1.54) is 0 Å². The molecular formula is C18H27N3O3. The fraction of sp³-hybridized carbons (Fsp3) is 0.556. The minimum Gasteiger partial charge on any atom is -0.450 e. The third-order valence-corrected chi connectivity index (χ3v) is 4.35. The van der Waals surface area contributed by atoms with Crippen LogP contribution in [0.4, 0.5) is 4.79 Å². The molecule has 2 rings (SSSR count). The van der Waals surface area contributed by atoms with Crippen molar-refractivity contribution in [1.29, 1.82) is 0 Å². The van der Waals surface area contributed by atoms with Crippen molar-refractivity contribution in [1.82, 2.24) is 14.7 Å². The maximum atomic E-state index is 13.0. The number of rotatable bonds is 4. The van der Waals surface area contributed by atoms with Gasteiger partial charge in [0.2, 0.25) is 5.91 Å². The van der Waals surface area contributed by atoms with E-state index in [4.69, 9.17) is 4.74 Å². The van der Waals surface area contributed by atoms with Gasteiger partial charge in [0.25, 0.3) is 0 Å². The summed E-state index contributed by atoms with van der Waals surface area (Å²) in [7, 11) is 3.84. The first kappa shape index (κ1) is 18.3. The van der Waals surface area contributed by atoms with Gasteiger partial charge in [-0.3, -0.25) is 9.69 Å². The van der Waals surface area contributed by atoms with E-state index >= 15 is 0 Å². The fourth-order valence-corrected chi connectivity index (χ4v) is 3.02. The molecule has 1 atom stereocenters. The highest BCUT2D eigenvalue weighted by atomic mass is 16.6. The van der Waals surface area contributed by atoms with Gasteiger partial charge in [-0.05, 0) is 39.1 Å². The van der Waals surface area contributed by atoms with Gasteiger partial charge in [-0.2, -0.15) is 0 Å². The normalized spacial score (nSPS) is 16.2. The fourth-order valence-electron chi connectivity index (χ4n) is 3.02. The molecule has 132 valence electrons. The molecule has 0 N–H and O–H groups in total. The summed E-state index contributed by atoms with van der Waals surface area (Å²) in [5.74, 6) is 0.0813. The van der Waals surface area contributed by atoms with Crippen molar-refractivity contribution in [2.75, 3.05) is 46.9 Å². The molecule has 0 radical (unpaired) electrons. The first-order valence-electron chi connectivity index (χ1n) is 8.38. The highest BCUT2D eigenvalue weighted by Gasteiger charge is 2.32. The molecule has 0 saturated carbocycles. The number of aryl methyl sites for hydroxylation is 1. The molecule has 1 heterocycles. The van der Waals surface area contributed by atoms with E-state index in [1.54, 1.807) is 11.8 Å². The van der Waals surface area contributed by atoms with Gasteiger partial charge in [-0.1, -0.05) is 24.3 Å². The van der Waals surface area contributed by atoms with Crippen molar-refractivity contribution in [3.05, 3.63) is 35.4 Å². The number of benzene rings is 1. The third-order valence-electron chi connectivity index (χ3n) is 4.35. The second-order valence-electron chi connectivity index (χ2n) is 6.23. The SMILES string of the molecule is CCOC(=O)N1CCN(C(=O)C(c2ccccc2C)N(C)C)CC1. The maximum Gasteiger partial charge on any atom is 0.409 e. The first-order chi connectivity index (χ1) is 11.5. The Morgan fingerprint density at radius 3 is 2.25 bits per heavy atom. The van der Waals surface area contributed by atoms with E-state index in [0.717, 1.165) is 11.1 Å². The Kier molecular flexibility index (Phi) is 6.20. The lowest BCUT2D eigenvalue weighted by Gasteiger charge is -2.37. The highest BCUT2D eigenvalue weighted by Crippen LogP contribution is 2.24. The number of carbonyl (C=O) groups excluding carboxylic acids is 2. The molecule has 1 aliphatic heterocycles. The average molecular weight is 333 g/mol.